The van der Waals surface area contributed by atoms with Crippen molar-refractivity contribution in [3.05, 3.63) is 0 Å². The molecule has 0 aromatic carbocycles. The first-order valence-corrected chi connectivity index (χ1v) is 3.43. The molecule has 0 aromatic rings. The summed E-state index contributed by atoms with van der Waals surface area (Å²) in [5.41, 5.74) is 0. The molecule has 0 aliphatic heterocycles. The predicted octanol–water partition coefficient (Wildman–Crippen LogP) is -0.153. The molecule has 0 unspecified atom stereocenters. The van der Waals surface area contributed by atoms with Crippen LogP contribution in [0.3, 0.4) is 0 Å². The van der Waals surface area contributed by atoms with Gasteiger partial charge in [-0.1, -0.05) is 5.92 Å². The second-order valence-corrected chi connectivity index (χ2v) is 2.54. The van der Waals surface area contributed by atoms with E-state index >= 15 is 0 Å². The van der Waals surface area contributed by atoms with Crippen LogP contribution >= 0.6 is 0 Å². The van der Waals surface area contributed by atoms with Gasteiger partial charge in [0.1, 0.15) is 0 Å². The SMILES string of the molecule is C#C[C@@H](C[C@@H](C)O)N(C)C=O. The van der Waals surface area contributed by atoms with Crippen LogP contribution in [0.25, 0.3) is 0 Å². The van der Waals surface area contributed by atoms with Crippen LogP contribution in [0.5, 0.6) is 0 Å². The molecule has 0 aromatic heterocycles. The molecule has 0 radical (unpaired) electrons. The standard InChI is InChI=1S/C8H13NO2/c1-4-8(5-7(2)11)9(3)6-10/h1,6-8,11H,5H2,2-3H3/t7-,8+/m1/s1. The Morgan fingerprint density at radius 1 is 1.82 bits per heavy atom. The zero-order chi connectivity index (χ0) is 8.85. The fourth-order valence-electron chi connectivity index (χ4n) is 0.748. The number of carbonyl (C=O) groups excluding carboxylic acids is 1. The van der Waals surface area contributed by atoms with Crippen LogP contribution in [0.2, 0.25) is 0 Å². The van der Waals surface area contributed by atoms with E-state index in [0.717, 1.165) is 0 Å². The number of rotatable bonds is 4. The molecule has 3 nitrogen and oxygen atoms in total. The molecular formula is C8H13NO2. The Morgan fingerprint density at radius 3 is 2.64 bits per heavy atom. The van der Waals surface area contributed by atoms with Crippen LogP contribution in [0.1, 0.15) is 13.3 Å². The first-order valence-electron chi connectivity index (χ1n) is 3.43. The van der Waals surface area contributed by atoms with Crippen LogP contribution in [-0.4, -0.2) is 35.6 Å². The molecule has 0 rings (SSSR count). The van der Waals surface area contributed by atoms with Crippen LogP contribution in [0.4, 0.5) is 0 Å². The lowest BCUT2D eigenvalue weighted by molar-refractivity contribution is -0.118. The van der Waals surface area contributed by atoms with Crippen molar-refractivity contribution in [1.82, 2.24) is 4.90 Å². The Kier molecular flexibility index (Phi) is 4.32. The van der Waals surface area contributed by atoms with Crippen molar-refractivity contribution in [3.8, 4) is 12.3 Å². The van der Waals surface area contributed by atoms with Crippen molar-refractivity contribution >= 4 is 6.41 Å². The molecule has 3 heteroatoms. The quantitative estimate of drug-likeness (QED) is 0.453. The van der Waals surface area contributed by atoms with Crippen molar-refractivity contribution < 1.29 is 9.90 Å². The molecule has 0 saturated carbocycles. The van der Waals surface area contributed by atoms with Crippen LogP contribution in [-0.2, 0) is 4.79 Å². The minimum Gasteiger partial charge on any atom is -0.393 e. The number of hydrogen-bond donors (Lipinski definition) is 1. The van der Waals surface area contributed by atoms with Gasteiger partial charge in [0.15, 0.2) is 0 Å². The van der Waals surface area contributed by atoms with E-state index in [2.05, 4.69) is 5.92 Å². The minimum atomic E-state index is -0.474. The molecule has 0 saturated heterocycles. The van der Waals surface area contributed by atoms with Crippen LogP contribution in [0, 0.1) is 12.3 Å². The molecule has 0 fully saturated rings. The summed E-state index contributed by atoms with van der Waals surface area (Å²) in [6.45, 7) is 1.64. The normalized spacial score (nSPS) is 14.7. The van der Waals surface area contributed by atoms with Gasteiger partial charge in [-0.15, -0.1) is 6.42 Å². The highest BCUT2D eigenvalue weighted by Gasteiger charge is 2.11. The Morgan fingerprint density at radius 2 is 2.36 bits per heavy atom. The zero-order valence-electron chi connectivity index (χ0n) is 6.82. The average Bonchev–Trinajstić information content (AvgIpc) is 1.98. The average molecular weight is 155 g/mol. The van der Waals surface area contributed by atoms with Crippen molar-refractivity contribution in [2.45, 2.75) is 25.5 Å². The lowest BCUT2D eigenvalue weighted by Gasteiger charge is -2.20. The number of terminal acetylenes is 1. The van der Waals surface area contributed by atoms with Gasteiger partial charge in [-0.25, -0.2) is 0 Å². The predicted molar refractivity (Wildman–Crippen MR) is 42.7 cm³/mol. The van der Waals surface area contributed by atoms with Gasteiger partial charge in [0.2, 0.25) is 6.41 Å². The summed E-state index contributed by atoms with van der Waals surface area (Å²) < 4.78 is 0. The van der Waals surface area contributed by atoms with Gasteiger partial charge in [-0.3, -0.25) is 4.79 Å². The van der Waals surface area contributed by atoms with E-state index in [9.17, 15) is 4.79 Å². The summed E-state index contributed by atoms with van der Waals surface area (Å²) >= 11 is 0. The maximum absolute atomic E-state index is 10.2. The zero-order valence-corrected chi connectivity index (χ0v) is 6.82. The maximum atomic E-state index is 10.2. The van der Waals surface area contributed by atoms with Crippen molar-refractivity contribution in [1.29, 1.82) is 0 Å². The van der Waals surface area contributed by atoms with E-state index in [1.165, 1.54) is 4.90 Å². The summed E-state index contributed by atoms with van der Waals surface area (Å²) in [4.78, 5) is 11.6. The van der Waals surface area contributed by atoms with Crippen LogP contribution in [0.15, 0.2) is 0 Å². The van der Waals surface area contributed by atoms with Gasteiger partial charge in [-0.2, -0.15) is 0 Å². The van der Waals surface area contributed by atoms with E-state index in [1.54, 1.807) is 14.0 Å². The van der Waals surface area contributed by atoms with E-state index < -0.39 is 6.10 Å². The van der Waals surface area contributed by atoms with E-state index in [0.29, 0.717) is 12.8 Å². The Balaban J connectivity index is 3.97. The molecular weight excluding hydrogens is 142 g/mol. The summed E-state index contributed by atoms with van der Waals surface area (Å²) in [6, 6.07) is -0.299. The lowest BCUT2D eigenvalue weighted by Crippen LogP contribution is -2.31. The minimum absolute atomic E-state index is 0.299. The second kappa shape index (κ2) is 4.75. The molecule has 2 atom stereocenters. The van der Waals surface area contributed by atoms with Crippen molar-refractivity contribution in [2.24, 2.45) is 0 Å². The summed E-state index contributed by atoms with van der Waals surface area (Å²) in [5.74, 6) is 2.42. The maximum Gasteiger partial charge on any atom is 0.210 e. The summed E-state index contributed by atoms with van der Waals surface area (Å²) in [6.07, 6.45) is 5.74. The van der Waals surface area contributed by atoms with Crippen LogP contribution < -0.4 is 0 Å². The highest BCUT2D eigenvalue weighted by atomic mass is 16.3. The van der Waals surface area contributed by atoms with Gasteiger partial charge >= 0.3 is 0 Å². The monoisotopic (exact) mass is 155 g/mol. The number of aliphatic hydroxyl groups excluding tert-OH is 1. The number of carbonyl (C=O) groups is 1. The first-order chi connectivity index (χ1) is 5.11. The summed E-state index contributed by atoms with van der Waals surface area (Å²) in [7, 11) is 1.60. The molecule has 0 bridgehead atoms. The number of nitrogens with zero attached hydrogens (tertiary/aromatic N) is 1. The van der Waals surface area contributed by atoms with Crippen molar-refractivity contribution in [3.63, 3.8) is 0 Å². The molecule has 1 amide bonds. The fourth-order valence-corrected chi connectivity index (χ4v) is 0.748. The highest BCUT2D eigenvalue weighted by molar-refractivity contribution is 5.48. The topological polar surface area (TPSA) is 40.5 Å². The van der Waals surface area contributed by atoms with E-state index in [4.69, 9.17) is 11.5 Å². The fraction of sp³-hybridized carbons (Fsp3) is 0.625. The van der Waals surface area contributed by atoms with Gasteiger partial charge in [0, 0.05) is 13.5 Å². The molecule has 11 heavy (non-hydrogen) atoms. The highest BCUT2D eigenvalue weighted by Crippen LogP contribution is 2.01. The Labute approximate surface area is 67.0 Å². The van der Waals surface area contributed by atoms with Gasteiger partial charge < -0.3 is 10.0 Å². The third kappa shape index (κ3) is 3.64. The largest absolute Gasteiger partial charge is 0.393 e. The number of hydrogen-bond acceptors (Lipinski definition) is 2. The van der Waals surface area contributed by atoms with Crippen molar-refractivity contribution in [2.75, 3.05) is 7.05 Å². The van der Waals surface area contributed by atoms with E-state index in [1.807, 2.05) is 0 Å². The smallest absolute Gasteiger partial charge is 0.210 e. The number of amides is 1. The number of aliphatic hydroxyl groups is 1. The first kappa shape index (κ1) is 9.99. The molecule has 0 spiro atoms. The van der Waals surface area contributed by atoms with E-state index in [-0.39, 0.29) is 6.04 Å². The van der Waals surface area contributed by atoms with Gasteiger partial charge in [-0.05, 0) is 6.92 Å². The molecule has 1 N–H and O–H groups in total. The lowest BCUT2D eigenvalue weighted by atomic mass is 10.1. The summed E-state index contributed by atoms with van der Waals surface area (Å²) in [5, 5.41) is 8.96. The van der Waals surface area contributed by atoms with Gasteiger partial charge in [0.05, 0.1) is 12.1 Å². The molecule has 0 aliphatic carbocycles. The molecule has 62 valence electrons. The second-order valence-electron chi connectivity index (χ2n) is 2.54. The third-order valence-electron chi connectivity index (χ3n) is 1.41. The third-order valence-corrected chi connectivity index (χ3v) is 1.41. The Bertz CT molecular complexity index is 160. The molecule has 0 aliphatic rings. The molecule has 0 heterocycles. The Hall–Kier alpha value is -1.01. The van der Waals surface area contributed by atoms with Gasteiger partial charge in [0.25, 0.3) is 0 Å².